The van der Waals surface area contributed by atoms with E-state index in [4.69, 9.17) is 5.11 Å². The van der Waals surface area contributed by atoms with Gasteiger partial charge in [0.1, 0.15) is 0 Å². The SMILES string of the molecule is CC(=CC12C=CC(CC1C)C2)C(=O)O. The van der Waals surface area contributed by atoms with E-state index >= 15 is 0 Å². The van der Waals surface area contributed by atoms with Crippen LogP contribution in [0, 0.1) is 17.3 Å². The molecule has 2 aliphatic rings. The van der Waals surface area contributed by atoms with Crippen molar-refractivity contribution in [2.75, 3.05) is 0 Å². The number of carboxylic acid groups (broad SMARTS) is 1. The lowest BCUT2D eigenvalue weighted by Crippen LogP contribution is -2.19. The van der Waals surface area contributed by atoms with Crippen LogP contribution in [-0.2, 0) is 4.79 Å². The van der Waals surface area contributed by atoms with Crippen LogP contribution in [0.2, 0.25) is 0 Å². The van der Waals surface area contributed by atoms with Gasteiger partial charge >= 0.3 is 5.97 Å². The fourth-order valence-corrected chi connectivity index (χ4v) is 2.82. The normalized spacial score (nSPS) is 40.6. The molecule has 0 aromatic heterocycles. The summed E-state index contributed by atoms with van der Waals surface area (Å²) in [5.74, 6) is 0.477. The first kappa shape index (κ1) is 9.50. The molecule has 2 nitrogen and oxygen atoms in total. The van der Waals surface area contributed by atoms with E-state index in [0.29, 0.717) is 17.4 Å². The highest BCUT2D eigenvalue weighted by Crippen LogP contribution is 2.54. The fourth-order valence-electron chi connectivity index (χ4n) is 2.82. The summed E-state index contributed by atoms with van der Waals surface area (Å²) in [6.07, 6.45) is 8.71. The van der Waals surface area contributed by atoms with Gasteiger partial charge in [-0.05, 0) is 31.6 Å². The van der Waals surface area contributed by atoms with E-state index in [0.717, 1.165) is 6.42 Å². The molecule has 0 aromatic rings. The highest BCUT2D eigenvalue weighted by molar-refractivity contribution is 5.86. The maximum atomic E-state index is 10.8. The molecule has 0 heterocycles. The van der Waals surface area contributed by atoms with E-state index in [2.05, 4.69) is 19.1 Å². The zero-order chi connectivity index (χ0) is 10.3. The smallest absolute Gasteiger partial charge is 0.330 e. The van der Waals surface area contributed by atoms with Crippen molar-refractivity contribution in [3.63, 3.8) is 0 Å². The van der Waals surface area contributed by atoms with Crippen molar-refractivity contribution in [2.45, 2.75) is 26.7 Å². The first-order valence-electron chi connectivity index (χ1n) is 5.15. The third kappa shape index (κ3) is 1.29. The topological polar surface area (TPSA) is 37.3 Å². The minimum atomic E-state index is -0.796. The Morgan fingerprint density at radius 2 is 2.36 bits per heavy atom. The Kier molecular flexibility index (Phi) is 2.02. The number of hydrogen-bond donors (Lipinski definition) is 1. The second-order valence-electron chi connectivity index (χ2n) is 4.70. The number of rotatable bonds is 2. The molecule has 0 spiro atoms. The second kappa shape index (κ2) is 2.97. The Bertz CT molecular complexity index is 327. The Hall–Kier alpha value is -1.05. The molecule has 0 amide bonds. The molecule has 1 fully saturated rings. The van der Waals surface area contributed by atoms with Crippen LogP contribution in [0.1, 0.15) is 26.7 Å². The van der Waals surface area contributed by atoms with E-state index in [9.17, 15) is 4.79 Å². The average molecular weight is 192 g/mol. The van der Waals surface area contributed by atoms with Crippen LogP contribution in [0.3, 0.4) is 0 Å². The highest BCUT2D eigenvalue weighted by atomic mass is 16.4. The van der Waals surface area contributed by atoms with Gasteiger partial charge in [-0.2, -0.15) is 0 Å². The predicted molar refractivity (Wildman–Crippen MR) is 54.9 cm³/mol. The van der Waals surface area contributed by atoms with Gasteiger partial charge in [-0.25, -0.2) is 4.79 Å². The van der Waals surface area contributed by atoms with E-state index < -0.39 is 5.97 Å². The lowest BCUT2D eigenvalue weighted by atomic mass is 9.78. The average Bonchev–Trinajstić information content (AvgIpc) is 2.60. The quantitative estimate of drug-likeness (QED) is 0.539. The molecular formula is C12H16O2. The monoisotopic (exact) mass is 192 g/mol. The van der Waals surface area contributed by atoms with E-state index in [1.807, 2.05) is 6.08 Å². The molecule has 2 aliphatic carbocycles. The number of carbonyl (C=O) groups is 1. The number of carboxylic acids is 1. The predicted octanol–water partition coefficient (Wildman–Crippen LogP) is 2.62. The number of fused-ring (bicyclic) bond motifs is 2. The Labute approximate surface area is 84.3 Å². The molecule has 3 atom stereocenters. The van der Waals surface area contributed by atoms with Crippen LogP contribution >= 0.6 is 0 Å². The highest BCUT2D eigenvalue weighted by Gasteiger charge is 2.44. The van der Waals surface area contributed by atoms with Crippen molar-refractivity contribution in [3.8, 4) is 0 Å². The van der Waals surface area contributed by atoms with Gasteiger partial charge in [0.2, 0.25) is 0 Å². The van der Waals surface area contributed by atoms with Crippen molar-refractivity contribution >= 4 is 5.97 Å². The Morgan fingerprint density at radius 3 is 2.79 bits per heavy atom. The summed E-state index contributed by atoms with van der Waals surface area (Å²) in [5.41, 5.74) is 0.525. The van der Waals surface area contributed by atoms with E-state index in [1.54, 1.807) is 6.92 Å². The fraction of sp³-hybridized carbons (Fsp3) is 0.583. The molecule has 0 radical (unpaired) electrons. The molecule has 3 unspecified atom stereocenters. The van der Waals surface area contributed by atoms with Crippen molar-refractivity contribution in [1.82, 2.24) is 0 Å². The van der Waals surface area contributed by atoms with Crippen molar-refractivity contribution in [1.29, 1.82) is 0 Å². The van der Waals surface area contributed by atoms with Gasteiger partial charge in [0, 0.05) is 11.0 Å². The van der Waals surface area contributed by atoms with Gasteiger partial charge in [-0.15, -0.1) is 0 Å². The maximum Gasteiger partial charge on any atom is 0.330 e. The first-order valence-corrected chi connectivity index (χ1v) is 5.15. The van der Waals surface area contributed by atoms with E-state index in [1.165, 1.54) is 6.42 Å². The molecule has 1 saturated carbocycles. The summed E-state index contributed by atoms with van der Waals surface area (Å²) < 4.78 is 0. The van der Waals surface area contributed by atoms with Crippen LogP contribution < -0.4 is 0 Å². The Morgan fingerprint density at radius 1 is 1.64 bits per heavy atom. The zero-order valence-corrected chi connectivity index (χ0v) is 8.66. The van der Waals surface area contributed by atoms with Crippen molar-refractivity contribution < 1.29 is 9.90 Å². The zero-order valence-electron chi connectivity index (χ0n) is 8.66. The number of aliphatic carboxylic acids is 1. The summed E-state index contributed by atoms with van der Waals surface area (Å²) >= 11 is 0. The molecule has 2 bridgehead atoms. The minimum Gasteiger partial charge on any atom is -0.478 e. The molecule has 76 valence electrons. The van der Waals surface area contributed by atoms with Crippen LogP contribution in [0.4, 0.5) is 0 Å². The summed E-state index contributed by atoms with van der Waals surface area (Å²) in [7, 11) is 0. The lowest BCUT2D eigenvalue weighted by molar-refractivity contribution is -0.132. The van der Waals surface area contributed by atoms with Gasteiger partial charge in [-0.1, -0.05) is 25.2 Å². The molecule has 0 aromatic carbocycles. The molecular weight excluding hydrogens is 176 g/mol. The lowest BCUT2D eigenvalue weighted by Gasteiger charge is -2.26. The Balaban J connectivity index is 2.29. The van der Waals surface area contributed by atoms with E-state index in [-0.39, 0.29) is 5.41 Å². The van der Waals surface area contributed by atoms with Gasteiger partial charge < -0.3 is 5.11 Å². The third-order valence-corrected chi connectivity index (χ3v) is 3.69. The molecule has 2 heteroatoms. The molecule has 0 saturated heterocycles. The summed E-state index contributed by atoms with van der Waals surface area (Å²) in [6, 6.07) is 0. The minimum absolute atomic E-state index is 0.0488. The van der Waals surface area contributed by atoms with Crippen LogP contribution in [0.15, 0.2) is 23.8 Å². The maximum absolute atomic E-state index is 10.8. The summed E-state index contributed by atoms with van der Waals surface area (Å²) in [4.78, 5) is 10.8. The third-order valence-electron chi connectivity index (χ3n) is 3.69. The van der Waals surface area contributed by atoms with Crippen molar-refractivity contribution in [3.05, 3.63) is 23.8 Å². The second-order valence-corrected chi connectivity index (χ2v) is 4.70. The number of hydrogen-bond acceptors (Lipinski definition) is 1. The van der Waals surface area contributed by atoms with Gasteiger partial charge in [-0.3, -0.25) is 0 Å². The van der Waals surface area contributed by atoms with Crippen LogP contribution in [0.5, 0.6) is 0 Å². The number of allylic oxidation sites excluding steroid dienone is 3. The summed E-state index contributed by atoms with van der Waals surface area (Å²) in [5, 5.41) is 8.86. The molecule has 1 N–H and O–H groups in total. The van der Waals surface area contributed by atoms with Crippen LogP contribution in [-0.4, -0.2) is 11.1 Å². The van der Waals surface area contributed by atoms with Crippen LogP contribution in [0.25, 0.3) is 0 Å². The largest absolute Gasteiger partial charge is 0.478 e. The molecule has 14 heavy (non-hydrogen) atoms. The molecule has 2 rings (SSSR count). The van der Waals surface area contributed by atoms with Gasteiger partial charge in [0.15, 0.2) is 0 Å². The van der Waals surface area contributed by atoms with Crippen molar-refractivity contribution in [2.24, 2.45) is 17.3 Å². The standard InChI is InChI=1S/C12H16O2/c1-8(11(13)14)6-12-4-3-10(7-12)5-9(12)2/h3-4,6,9-10H,5,7H2,1-2H3,(H,13,14). The van der Waals surface area contributed by atoms with Gasteiger partial charge in [0.25, 0.3) is 0 Å². The van der Waals surface area contributed by atoms with Gasteiger partial charge in [0.05, 0.1) is 0 Å². The first-order chi connectivity index (χ1) is 6.53. The molecule has 0 aliphatic heterocycles. The summed E-state index contributed by atoms with van der Waals surface area (Å²) in [6.45, 7) is 3.90.